The standard InChI is InChI=1S/C17H19N7O/c25-17(13-5-7-14(8-6-13)24-12-18-11-20-24)19-10-16-22-21-15-4-2-1-3-9-23(15)16/h5-8,11-12H,1-4,9-10H2,(H,19,25). The van der Waals surface area contributed by atoms with Gasteiger partial charge in [-0.05, 0) is 37.1 Å². The number of carbonyl (C=O) groups excluding carboxylic acids is 1. The lowest BCUT2D eigenvalue weighted by atomic mass is 10.2. The predicted molar refractivity (Wildman–Crippen MR) is 90.1 cm³/mol. The van der Waals surface area contributed by atoms with Gasteiger partial charge in [0, 0.05) is 18.5 Å². The van der Waals surface area contributed by atoms with Crippen molar-refractivity contribution in [1.82, 2.24) is 34.8 Å². The van der Waals surface area contributed by atoms with E-state index in [0.29, 0.717) is 12.1 Å². The Morgan fingerprint density at radius 3 is 2.80 bits per heavy atom. The molecule has 0 fully saturated rings. The Hall–Kier alpha value is -3.03. The maximum Gasteiger partial charge on any atom is 0.251 e. The summed E-state index contributed by atoms with van der Waals surface area (Å²) < 4.78 is 3.79. The first-order chi connectivity index (χ1) is 12.3. The Labute approximate surface area is 144 Å². The van der Waals surface area contributed by atoms with Crippen LogP contribution in [0.4, 0.5) is 0 Å². The van der Waals surface area contributed by atoms with Gasteiger partial charge in [-0.3, -0.25) is 4.79 Å². The SMILES string of the molecule is O=C(NCc1nnc2n1CCCCC2)c1ccc(-n2cncn2)cc1. The number of rotatable bonds is 4. The minimum atomic E-state index is -0.129. The van der Waals surface area contributed by atoms with Gasteiger partial charge in [-0.1, -0.05) is 6.42 Å². The number of hydrogen-bond acceptors (Lipinski definition) is 5. The van der Waals surface area contributed by atoms with E-state index in [1.54, 1.807) is 23.1 Å². The molecule has 2 aromatic heterocycles. The highest BCUT2D eigenvalue weighted by Crippen LogP contribution is 2.14. The van der Waals surface area contributed by atoms with Crippen molar-refractivity contribution >= 4 is 5.91 Å². The number of nitrogens with one attached hydrogen (secondary N) is 1. The molecule has 0 unspecified atom stereocenters. The predicted octanol–water partition coefficient (Wildman–Crippen LogP) is 1.52. The van der Waals surface area contributed by atoms with Crippen LogP contribution >= 0.6 is 0 Å². The molecule has 0 saturated carbocycles. The van der Waals surface area contributed by atoms with E-state index in [9.17, 15) is 4.79 Å². The molecule has 1 N–H and O–H groups in total. The highest BCUT2D eigenvalue weighted by Gasteiger charge is 2.15. The molecule has 25 heavy (non-hydrogen) atoms. The molecule has 3 aromatic rings. The first-order valence-electron chi connectivity index (χ1n) is 8.45. The highest BCUT2D eigenvalue weighted by molar-refractivity contribution is 5.94. The van der Waals surface area contributed by atoms with Crippen molar-refractivity contribution in [3.8, 4) is 5.69 Å². The summed E-state index contributed by atoms with van der Waals surface area (Å²) in [6.07, 6.45) is 7.56. The molecule has 4 rings (SSSR count). The molecule has 1 aromatic carbocycles. The van der Waals surface area contributed by atoms with Gasteiger partial charge in [0.2, 0.25) is 0 Å². The lowest BCUT2D eigenvalue weighted by Gasteiger charge is -2.08. The quantitative estimate of drug-likeness (QED) is 0.779. The van der Waals surface area contributed by atoms with E-state index in [1.807, 2.05) is 12.1 Å². The van der Waals surface area contributed by atoms with Crippen LogP contribution in [0.15, 0.2) is 36.9 Å². The first-order valence-corrected chi connectivity index (χ1v) is 8.45. The minimum Gasteiger partial charge on any atom is -0.345 e. The molecule has 0 radical (unpaired) electrons. The smallest absolute Gasteiger partial charge is 0.251 e. The second kappa shape index (κ2) is 6.84. The van der Waals surface area contributed by atoms with Crippen molar-refractivity contribution in [1.29, 1.82) is 0 Å². The highest BCUT2D eigenvalue weighted by atomic mass is 16.1. The molecule has 1 aliphatic heterocycles. The summed E-state index contributed by atoms with van der Waals surface area (Å²) in [5.74, 6) is 1.72. The number of hydrogen-bond donors (Lipinski definition) is 1. The lowest BCUT2D eigenvalue weighted by molar-refractivity contribution is 0.0949. The van der Waals surface area contributed by atoms with Crippen LogP contribution in [0.5, 0.6) is 0 Å². The first kappa shape index (κ1) is 15.5. The normalized spacial score (nSPS) is 13.9. The second-order valence-electron chi connectivity index (χ2n) is 6.06. The van der Waals surface area contributed by atoms with Crippen molar-refractivity contribution in [3.63, 3.8) is 0 Å². The van der Waals surface area contributed by atoms with Gasteiger partial charge in [-0.2, -0.15) is 5.10 Å². The fourth-order valence-corrected chi connectivity index (χ4v) is 3.04. The second-order valence-corrected chi connectivity index (χ2v) is 6.06. The summed E-state index contributed by atoms with van der Waals surface area (Å²) in [6.45, 7) is 1.32. The molecule has 0 saturated heterocycles. The number of nitrogens with zero attached hydrogens (tertiary/aromatic N) is 6. The monoisotopic (exact) mass is 337 g/mol. The topological polar surface area (TPSA) is 90.5 Å². The largest absolute Gasteiger partial charge is 0.345 e. The van der Waals surface area contributed by atoms with Crippen molar-refractivity contribution in [2.24, 2.45) is 0 Å². The number of fused-ring (bicyclic) bond motifs is 1. The van der Waals surface area contributed by atoms with Gasteiger partial charge in [0.1, 0.15) is 18.5 Å². The third-order valence-corrected chi connectivity index (χ3v) is 4.41. The Morgan fingerprint density at radius 1 is 1.12 bits per heavy atom. The van der Waals surface area contributed by atoms with Crippen molar-refractivity contribution in [2.75, 3.05) is 0 Å². The van der Waals surface area contributed by atoms with Gasteiger partial charge in [0.05, 0.1) is 12.2 Å². The zero-order chi connectivity index (χ0) is 17.1. The zero-order valence-electron chi connectivity index (χ0n) is 13.8. The summed E-state index contributed by atoms with van der Waals surface area (Å²) >= 11 is 0. The number of aromatic nitrogens is 6. The average molecular weight is 337 g/mol. The van der Waals surface area contributed by atoms with Crippen LogP contribution in [0, 0.1) is 0 Å². The summed E-state index contributed by atoms with van der Waals surface area (Å²) in [5.41, 5.74) is 1.45. The number of carbonyl (C=O) groups is 1. The van der Waals surface area contributed by atoms with E-state index < -0.39 is 0 Å². The molecule has 0 spiro atoms. The number of aryl methyl sites for hydroxylation is 1. The van der Waals surface area contributed by atoms with Gasteiger partial charge < -0.3 is 9.88 Å². The van der Waals surface area contributed by atoms with Crippen molar-refractivity contribution in [3.05, 3.63) is 54.1 Å². The van der Waals surface area contributed by atoms with Gasteiger partial charge in [-0.15, -0.1) is 10.2 Å². The molecule has 0 atom stereocenters. The lowest BCUT2D eigenvalue weighted by Crippen LogP contribution is -2.25. The van der Waals surface area contributed by atoms with E-state index >= 15 is 0 Å². The van der Waals surface area contributed by atoms with Crippen LogP contribution in [0.3, 0.4) is 0 Å². The van der Waals surface area contributed by atoms with Crippen LogP contribution in [0.2, 0.25) is 0 Å². The molecule has 3 heterocycles. The van der Waals surface area contributed by atoms with Gasteiger partial charge in [-0.25, -0.2) is 9.67 Å². The summed E-state index contributed by atoms with van der Waals surface area (Å²) in [6, 6.07) is 7.23. The van der Waals surface area contributed by atoms with E-state index in [0.717, 1.165) is 43.1 Å². The van der Waals surface area contributed by atoms with Crippen LogP contribution in [0.25, 0.3) is 5.69 Å². The molecule has 0 bridgehead atoms. The van der Waals surface area contributed by atoms with Crippen LogP contribution in [-0.2, 0) is 19.5 Å². The Morgan fingerprint density at radius 2 is 2.00 bits per heavy atom. The number of amides is 1. The van der Waals surface area contributed by atoms with Crippen LogP contribution in [-0.4, -0.2) is 35.4 Å². The number of benzene rings is 1. The molecule has 8 nitrogen and oxygen atoms in total. The third kappa shape index (κ3) is 3.28. The fourth-order valence-electron chi connectivity index (χ4n) is 3.04. The fraction of sp³-hybridized carbons (Fsp3) is 0.353. The maximum atomic E-state index is 12.4. The Balaban J connectivity index is 1.42. The summed E-state index contributed by atoms with van der Waals surface area (Å²) in [4.78, 5) is 16.3. The van der Waals surface area contributed by atoms with Gasteiger partial charge in [0.15, 0.2) is 5.82 Å². The average Bonchev–Trinajstić information content (AvgIpc) is 3.25. The molecular weight excluding hydrogens is 318 g/mol. The van der Waals surface area contributed by atoms with E-state index in [2.05, 4.69) is 30.2 Å². The van der Waals surface area contributed by atoms with Gasteiger partial charge in [0.25, 0.3) is 5.91 Å². The molecule has 128 valence electrons. The summed E-state index contributed by atoms with van der Waals surface area (Å²) in [7, 11) is 0. The molecule has 8 heteroatoms. The third-order valence-electron chi connectivity index (χ3n) is 4.41. The van der Waals surface area contributed by atoms with Crippen LogP contribution < -0.4 is 5.32 Å². The molecule has 0 aliphatic carbocycles. The Kier molecular flexibility index (Phi) is 4.24. The van der Waals surface area contributed by atoms with E-state index in [-0.39, 0.29) is 5.91 Å². The minimum absolute atomic E-state index is 0.129. The Bertz CT molecular complexity index is 852. The molecular formula is C17H19N7O. The zero-order valence-corrected chi connectivity index (χ0v) is 13.8. The van der Waals surface area contributed by atoms with E-state index in [1.165, 1.54) is 12.7 Å². The molecule has 1 amide bonds. The maximum absolute atomic E-state index is 12.4. The van der Waals surface area contributed by atoms with Gasteiger partial charge >= 0.3 is 0 Å². The van der Waals surface area contributed by atoms with E-state index in [4.69, 9.17) is 0 Å². The van der Waals surface area contributed by atoms with Crippen molar-refractivity contribution < 1.29 is 4.79 Å². The van der Waals surface area contributed by atoms with Crippen LogP contribution in [0.1, 0.15) is 41.3 Å². The van der Waals surface area contributed by atoms with Crippen molar-refractivity contribution in [2.45, 2.75) is 38.8 Å². The summed E-state index contributed by atoms with van der Waals surface area (Å²) in [5, 5.41) is 15.5. The molecule has 1 aliphatic rings.